The molecule has 4 nitrogen and oxygen atoms in total. The third kappa shape index (κ3) is 3.14. The lowest BCUT2D eigenvalue weighted by molar-refractivity contribution is 0.0801. The van der Waals surface area contributed by atoms with Crippen molar-refractivity contribution in [3.8, 4) is 0 Å². The average Bonchev–Trinajstić information content (AvgIpc) is 2.74. The molecule has 0 bridgehead atoms. The zero-order valence-corrected chi connectivity index (χ0v) is 12.1. The van der Waals surface area contributed by atoms with Gasteiger partial charge in [0.25, 0.3) is 0 Å². The second kappa shape index (κ2) is 5.31. The van der Waals surface area contributed by atoms with Crippen LogP contribution in [0.4, 0.5) is 0 Å². The first-order chi connectivity index (χ1) is 8.92. The summed E-state index contributed by atoms with van der Waals surface area (Å²) in [6, 6.07) is 6.13. The quantitative estimate of drug-likeness (QED) is 0.899. The third-order valence-electron chi connectivity index (χ3n) is 3.72. The molecule has 1 aromatic heterocycles. The van der Waals surface area contributed by atoms with E-state index in [1.807, 2.05) is 33.9 Å². The van der Waals surface area contributed by atoms with Crippen LogP contribution in [0, 0.1) is 6.92 Å². The van der Waals surface area contributed by atoms with E-state index in [9.17, 15) is 5.11 Å². The van der Waals surface area contributed by atoms with Crippen LogP contribution >= 0.6 is 0 Å². The molecule has 0 aliphatic rings. The topological polar surface area (TPSA) is 49.5 Å². The molecule has 0 radical (unpaired) electrons. The fourth-order valence-electron chi connectivity index (χ4n) is 1.96. The molecule has 1 heterocycles. The Labute approximate surface area is 114 Å². The van der Waals surface area contributed by atoms with Gasteiger partial charge in [-0.05, 0) is 45.0 Å². The molecular weight excluding hydrogens is 240 g/mol. The zero-order valence-electron chi connectivity index (χ0n) is 12.1. The number of fused-ring (bicyclic) bond motifs is 1. The smallest absolute Gasteiger partial charge is 0.192 e. The lowest BCUT2D eigenvalue weighted by Crippen LogP contribution is -2.45. The molecule has 0 saturated carbocycles. The summed E-state index contributed by atoms with van der Waals surface area (Å²) in [5.74, 6) is 0.700. The Morgan fingerprint density at radius 2 is 2.11 bits per heavy atom. The number of hydrogen-bond donors (Lipinski definition) is 1. The first kappa shape index (κ1) is 14.0. The lowest BCUT2D eigenvalue weighted by Gasteiger charge is -2.33. The van der Waals surface area contributed by atoms with Crippen molar-refractivity contribution in [2.45, 2.75) is 32.7 Å². The van der Waals surface area contributed by atoms with Crippen LogP contribution in [0.2, 0.25) is 0 Å². The fraction of sp³-hybridized carbons (Fsp3) is 0.533. The van der Waals surface area contributed by atoms with Crippen molar-refractivity contribution >= 4 is 11.1 Å². The zero-order chi connectivity index (χ0) is 14.0. The van der Waals surface area contributed by atoms with Gasteiger partial charge in [-0.25, -0.2) is 4.98 Å². The highest BCUT2D eigenvalue weighted by atomic mass is 16.3. The minimum Gasteiger partial charge on any atom is -0.441 e. The van der Waals surface area contributed by atoms with Crippen LogP contribution in [-0.4, -0.2) is 40.7 Å². The van der Waals surface area contributed by atoms with Gasteiger partial charge in [-0.1, -0.05) is 6.07 Å². The maximum absolute atomic E-state index is 9.34. The lowest BCUT2D eigenvalue weighted by atomic mass is 10.0. The molecule has 0 saturated heterocycles. The second-order valence-electron chi connectivity index (χ2n) is 5.68. The van der Waals surface area contributed by atoms with Crippen LogP contribution in [0.1, 0.15) is 25.3 Å². The van der Waals surface area contributed by atoms with Gasteiger partial charge in [0.05, 0.1) is 6.61 Å². The highest BCUT2D eigenvalue weighted by molar-refractivity contribution is 5.73. The molecule has 1 N–H and O–H groups in total. The normalized spacial score (nSPS) is 12.5. The van der Waals surface area contributed by atoms with E-state index < -0.39 is 0 Å². The average molecular weight is 262 g/mol. The molecule has 4 heteroatoms. The van der Waals surface area contributed by atoms with E-state index in [0.29, 0.717) is 5.89 Å². The Kier molecular flexibility index (Phi) is 3.92. The molecule has 2 aromatic rings. The molecule has 0 atom stereocenters. The van der Waals surface area contributed by atoms with E-state index in [1.54, 1.807) is 0 Å². The Morgan fingerprint density at radius 1 is 1.37 bits per heavy atom. The Morgan fingerprint density at radius 3 is 2.79 bits per heavy atom. The first-order valence-corrected chi connectivity index (χ1v) is 6.60. The summed E-state index contributed by atoms with van der Waals surface area (Å²) in [4.78, 5) is 6.52. The van der Waals surface area contributed by atoms with E-state index in [2.05, 4.69) is 22.0 Å². The minimum absolute atomic E-state index is 0.158. The summed E-state index contributed by atoms with van der Waals surface area (Å²) < 4.78 is 5.47. The van der Waals surface area contributed by atoms with E-state index in [-0.39, 0.29) is 12.1 Å². The van der Waals surface area contributed by atoms with Crippen LogP contribution in [0.3, 0.4) is 0 Å². The first-order valence-electron chi connectivity index (χ1n) is 6.60. The Balaban J connectivity index is 2.05. The van der Waals surface area contributed by atoms with Gasteiger partial charge >= 0.3 is 0 Å². The maximum Gasteiger partial charge on any atom is 0.192 e. The molecule has 0 aliphatic carbocycles. The number of aryl methyl sites for hydroxylation is 1. The van der Waals surface area contributed by atoms with Crippen molar-refractivity contribution in [2.24, 2.45) is 0 Å². The predicted molar refractivity (Wildman–Crippen MR) is 76.2 cm³/mol. The van der Waals surface area contributed by atoms with Crippen molar-refractivity contribution in [3.63, 3.8) is 0 Å². The summed E-state index contributed by atoms with van der Waals surface area (Å²) in [5.41, 5.74) is 2.81. The van der Waals surface area contributed by atoms with Crippen molar-refractivity contribution in [1.82, 2.24) is 9.88 Å². The minimum atomic E-state index is -0.186. The molecule has 19 heavy (non-hydrogen) atoms. The van der Waals surface area contributed by atoms with Gasteiger partial charge in [0.15, 0.2) is 11.5 Å². The monoisotopic (exact) mass is 262 g/mol. The molecule has 0 amide bonds. The van der Waals surface area contributed by atoms with Crippen molar-refractivity contribution < 1.29 is 9.52 Å². The number of aromatic nitrogens is 1. The summed E-state index contributed by atoms with van der Waals surface area (Å²) in [5, 5.41) is 9.34. The summed E-state index contributed by atoms with van der Waals surface area (Å²) in [6.45, 7) is 6.99. The molecule has 0 fully saturated rings. The number of hydrogen-bond acceptors (Lipinski definition) is 4. The van der Waals surface area contributed by atoms with E-state index in [4.69, 9.17) is 4.42 Å². The molecule has 0 unspecified atom stereocenters. The van der Waals surface area contributed by atoms with Crippen LogP contribution in [-0.2, 0) is 6.42 Å². The number of rotatable bonds is 5. The number of oxazole rings is 1. The van der Waals surface area contributed by atoms with Gasteiger partial charge in [-0.2, -0.15) is 0 Å². The summed E-state index contributed by atoms with van der Waals surface area (Å²) >= 11 is 0. The molecule has 0 aliphatic heterocycles. The molecule has 2 rings (SSSR count). The fourth-order valence-corrected chi connectivity index (χ4v) is 1.96. The molecular formula is C15H22N2O2. The highest BCUT2D eigenvalue weighted by Crippen LogP contribution is 2.18. The van der Waals surface area contributed by atoms with Gasteiger partial charge in [0.1, 0.15) is 5.52 Å². The van der Waals surface area contributed by atoms with Crippen LogP contribution < -0.4 is 0 Å². The number of aliphatic hydroxyl groups is 1. The van der Waals surface area contributed by atoms with Gasteiger partial charge in [0.2, 0.25) is 0 Å². The van der Waals surface area contributed by atoms with Gasteiger partial charge < -0.3 is 9.52 Å². The summed E-state index contributed by atoms with van der Waals surface area (Å²) in [6.07, 6.45) is 0.932. The van der Waals surface area contributed by atoms with Crippen LogP contribution in [0.15, 0.2) is 22.6 Å². The van der Waals surface area contributed by atoms with Gasteiger partial charge in [-0.3, -0.25) is 4.90 Å². The van der Waals surface area contributed by atoms with Crippen molar-refractivity contribution in [1.29, 1.82) is 0 Å². The highest BCUT2D eigenvalue weighted by Gasteiger charge is 2.21. The van der Waals surface area contributed by atoms with Gasteiger partial charge in [-0.15, -0.1) is 0 Å². The van der Waals surface area contributed by atoms with Crippen LogP contribution in [0.25, 0.3) is 11.1 Å². The maximum atomic E-state index is 9.34. The number of aliphatic hydroxyl groups excluding tert-OH is 1. The van der Waals surface area contributed by atoms with Crippen LogP contribution in [0.5, 0.6) is 0 Å². The largest absolute Gasteiger partial charge is 0.441 e. The van der Waals surface area contributed by atoms with Crippen molar-refractivity contribution in [2.75, 3.05) is 20.2 Å². The van der Waals surface area contributed by atoms with E-state index in [0.717, 1.165) is 24.1 Å². The molecule has 1 aromatic carbocycles. The number of benzene rings is 1. The Hall–Kier alpha value is -1.39. The molecule has 0 spiro atoms. The summed E-state index contributed by atoms with van der Waals surface area (Å²) in [7, 11) is 2.04. The van der Waals surface area contributed by atoms with E-state index >= 15 is 0 Å². The molecule has 104 valence electrons. The Bertz CT molecular complexity index is 560. The number of nitrogens with zero attached hydrogens (tertiary/aromatic N) is 2. The predicted octanol–water partition coefficient (Wildman–Crippen LogP) is 2.38. The van der Waals surface area contributed by atoms with E-state index in [1.165, 1.54) is 5.56 Å². The van der Waals surface area contributed by atoms with Crippen molar-refractivity contribution in [3.05, 3.63) is 29.7 Å². The third-order valence-corrected chi connectivity index (χ3v) is 3.72. The SMILES string of the molecule is Cc1nc2cc(CCN(C)C(C)(C)CO)ccc2o1. The standard InChI is InChI=1S/C15H22N2O2/c1-11-16-13-9-12(5-6-14(13)19-11)7-8-17(4)15(2,3)10-18/h5-6,9,18H,7-8,10H2,1-4H3. The van der Waals surface area contributed by atoms with Gasteiger partial charge in [0, 0.05) is 19.0 Å². The number of likely N-dealkylation sites (N-methyl/N-ethyl adjacent to an activating group) is 1. The second-order valence-corrected chi connectivity index (χ2v) is 5.68.